The van der Waals surface area contributed by atoms with Gasteiger partial charge in [0.2, 0.25) is 11.8 Å². The van der Waals surface area contributed by atoms with Gasteiger partial charge in [-0.1, -0.05) is 35.9 Å². The highest BCUT2D eigenvalue weighted by Gasteiger charge is 2.56. The number of Topliss-reactive ketones (excluding diaryl/α,β-unsaturated/α-hetero) is 1. The third kappa shape index (κ3) is 3.98. The van der Waals surface area contributed by atoms with E-state index in [-0.39, 0.29) is 58.1 Å². The predicted octanol–water partition coefficient (Wildman–Crippen LogP) is 4.24. The third-order valence-corrected chi connectivity index (χ3v) is 8.90. The van der Waals surface area contributed by atoms with Crippen molar-refractivity contribution < 1.29 is 33.8 Å². The van der Waals surface area contributed by atoms with Gasteiger partial charge in [-0.05, 0) is 64.9 Å². The Kier molecular flexibility index (Phi) is 6.14. The van der Waals surface area contributed by atoms with E-state index in [1.54, 1.807) is 24.3 Å². The topological polar surface area (TPSA) is 112 Å². The number of para-hydroxylation sites is 1. The molecule has 2 N–H and O–H groups in total. The summed E-state index contributed by atoms with van der Waals surface area (Å²) < 4.78 is 14.6. The van der Waals surface area contributed by atoms with E-state index in [0.29, 0.717) is 12.0 Å². The summed E-state index contributed by atoms with van der Waals surface area (Å²) >= 11 is 3.17. The van der Waals surface area contributed by atoms with Crippen molar-refractivity contribution in [3.63, 3.8) is 0 Å². The number of nitrogens with zero attached hydrogens (tertiary/aromatic N) is 1. The highest BCUT2D eigenvalue weighted by atomic mass is 79.9. The van der Waals surface area contributed by atoms with Crippen LogP contribution in [0.2, 0.25) is 0 Å². The van der Waals surface area contributed by atoms with Crippen molar-refractivity contribution in [3.05, 3.63) is 92.8 Å². The Morgan fingerprint density at radius 3 is 2.46 bits per heavy atom. The lowest BCUT2D eigenvalue weighted by atomic mass is 9.59. The lowest BCUT2D eigenvalue weighted by Gasteiger charge is -2.42. The van der Waals surface area contributed by atoms with Gasteiger partial charge in [-0.3, -0.25) is 24.1 Å². The Hall–Kier alpha value is -3.85. The van der Waals surface area contributed by atoms with Gasteiger partial charge < -0.3 is 10.2 Å². The van der Waals surface area contributed by atoms with Crippen molar-refractivity contribution in [1.82, 2.24) is 4.90 Å². The van der Waals surface area contributed by atoms with Gasteiger partial charge in [0.15, 0.2) is 23.1 Å². The molecular weight excluding hydrogens is 569 g/mol. The number of carbonyl (C=O) groups is 4. The summed E-state index contributed by atoms with van der Waals surface area (Å²) in [5.74, 6) is -5.62. The molecule has 0 radical (unpaired) electrons. The molecule has 0 spiro atoms. The maximum Gasteiger partial charge on any atom is 0.233 e. The highest BCUT2D eigenvalue weighted by Crippen LogP contribution is 2.56. The molecule has 0 aromatic heterocycles. The van der Waals surface area contributed by atoms with Crippen molar-refractivity contribution in [2.45, 2.75) is 25.2 Å². The number of allylic oxidation sites excluding steroid dienone is 6. The van der Waals surface area contributed by atoms with Crippen LogP contribution in [-0.4, -0.2) is 45.0 Å². The molecule has 3 aliphatic carbocycles. The van der Waals surface area contributed by atoms with Gasteiger partial charge in [0.1, 0.15) is 5.75 Å². The molecule has 2 amide bonds. The maximum atomic E-state index is 14.5. The molecule has 9 heteroatoms. The number of rotatable bonds is 4. The molecule has 4 aliphatic rings. The van der Waals surface area contributed by atoms with Gasteiger partial charge in [-0.2, -0.15) is 0 Å². The van der Waals surface area contributed by atoms with Gasteiger partial charge >= 0.3 is 0 Å². The fourth-order valence-corrected chi connectivity index (χ4v) is 6.96. The minimum absolute atomic E-state index is 0.0905. The van der Waals surface area contributed by atoms with Crippen molar-refractivity contribution >= 4 is 39.3 Å². The largest absolute Gasteiger partial charge is 0.508 e. The lowest BCUT2D eigenvalue weighted by molar-refractivity contribution is -0.140. The van der Waals surface area contributed by atoms with E-state index in [4.69, 9.17) is 0 Å². The minimum Gasteiger partial charge on any atom is -0.508 e. The predicted molar refractivity (Wildman–Crippen MR) is 141 cm³/mol. The number of fused-ring (bicyclic) bond motifs is 3. The zero-order chi connectivity index (χ0) is 27.6. The van der Waals surface area contributed by atoms with E-state index in [0.717, 1.165) is 11.6 Å². The van der Waals surface area contributed by atoms with Crippen LogP contribution in [0, 0.1) is 23.6 Å². The van der Waals surface area contributed by atoms with Crippen LogP contribution in [0.5, 0.6) is 11.5 Å². The van der Waals surface area contributed by atoms with E-state index in [1.165, 1.54) is 23.1 Å². The Morgan fingerprint density at radius 1 is 0.974 bits per heavy atom. The number of halogens is 2. The number of aromatic hydroxyl groups is 2. The van der Waals surface area contributed by atoms with Crippen molar-refractivity contribution in [1.29, 1.82) is 0 Å². The molecule has 39 heavy (non-hydrogen) atoms. The van der Waals surface area contributed by atoms with Crippen LogP contribution in [0.25, 0.3) is 0 Å². The SMILES string of the molecule is O=C1C=C(Br)C(=O)C2=C1C(c1cccc(F)c1O)C1=CCC3C(=O)N(CCc4ccc(O)cc4)C(=O)C3C1C2. The van der Waals surface area contributed by atoms with E-state index in [1.807, 2.05) is 6.08 Å². The van der Waals surface area contributed by atoms with E-state index in [2.05, 4.69) is 15.9 Å². The molecule has 7 nitrogen and oxygen atoms in total. The summed E-state index contributed by atoms with van der Waals surface area (Å²) in [4.78, 5) is 54.9. The Balaban J connectivity index is 1.39. The number of phenols is 2. The number of amides is 2. The van der Waals surface area contributed by atoms with Gasteiger partial charge in [-0.25, -0.2) is 4.39 Å². The number of imide groups is 1. The molecule has 1 fully saturated rings. The van der Waals surface area contributed by atoms with Crippen molar-refractivity contribution in [2.24, 2.45) is 17.8 Å². The summed E-state index contributed by atoms with van der Waals surface area (Å²) in [5.41, 5.74) is 2.04. The first-order valence-corrected chi connectivity index (χ1v) is 13.5. The van der Waals surface area contributed by atoms with Crippen LogP contribution in [-0.2, 0) is 25.6 Å². The first-order valence-electron chi connectivity index (χ1n) is 12.7. The van der Waals surface area contributed by atoms with Crippen molar-refractivity contribution in [3.8, 4) is 11.5 Å². The zero-order valence-corrected chi connectivity index (χ0v) is 22.2. The first kappa shape index (κ1) is 25.4. The second-order valence-corrected chi connectivity index (χ2v) is 11.2. The number of ketones is 2. The third-order valence-electron chi connectivity index (χ3n) is 8.31. The van der Waals surface area contributed by atoms with E-state index in [9.17, 15) is 33.8 Å². The molecule has 0 saturated carbocycles. The number of phenolic OH excluding ortho intramolecular Hbond substituents is 2. The summed E-state index contributed by atoms with van der Waals surface area (Å²) in [5, 5.41) is 20.2. The highest BCUT2D eigenvalue weighted by molar-refractivity contribution is 9.12. The smallest absolute Gasteiger partial charge is 0.233 e. The zero-order valence-electron chi connectivity index (χ0n) is 20.6. The lowest BCUT2D eigenvalue weighted by Crippen LogP contribution is -2.39. The van der Waals surface area contributed by atoms with Gasteiger partial charge in [0.05, 0.1) is 16.3 Å². The maximum absolute atomic E-state index is 14.5. The molecule has 1 heterocycles. The number of hydrogen-bond donors (Lipinski definition) is 2. The molecule has 4 atom stereocenters. The standard InChI is InChI=1S/C30H23BrFNO6/c31-21-13-23(35)26-20(27(21)36)12-19-16(24(26)17-2-1-3-22(32)28(17)37)8-9-18-25(19)30(39)33(29(18)38)11-10-14-4-6-15(34)7-5-14/h1-8,13,18-19,24-25,34,37H,9-12H2. The molecule has 2 aromatic rings. The normalized spacial score (nSPS) is 26.3. The summed E-state index contributed by atoms with van der Waals surface area (Å²) in [6.45, 7) is 0.172. The Labute approximate surface area is 231 Å². The van der Waals surface area contributed by atoms with Crippen LogP contribution in [0.3, 0.4) is 0 Å². The average Bonchev–Trinajstić information content (AvgIpc) is 3.16. The van der Waals surface area contributed by atoms with Crippen LogP contribution in [0.4, 0.5) is 4.39 Å². The first-order chi connectivity index (χ1) is 18.7. The number of benzene rings is 2. The van der Waals surface area contributed by atoms with E-state index < -0.39 is 46.8 Å². The molecule has 4 unspecified atom stereocenters. The Bertz CT molecular complexity index is 1560. The minimum atomic E-state index is -0.919. The monoisotopic (exact) mass is 591 g/mol. The number of likely N-dealkylation sites (tertiary alicyclic amines) is 1. The molecule has 198 valence electrons. The van der Waals surface area contributed by atoms with E-state index >= 15 is 0 Å². The Morgan fingerprint density at radius 2 is 1.72 bits per heavy atom. The molecule has 2 aromatic carbocycles. The van der Waals surface area contributed by atoms with Crippen LogP contribution in [0.15, 0.2) is 75.8 Å². The fourth-order valence-electron chi connectivity index (χ4n) is 6.52. The number of hydrogen-bond acceptors (Lipinski definition) is 6. The van der Waals surface area contributed by atoms with Gasteiger partial charge in [0.25, 0.3) is 0 Å². The van der Waals surface area contributed by atoms with Crippen LogP contribution >= 0.6 is 15.9 Å². The molecule has 0 bridgehead atoms. The van der Waals surface area contributed by atoms with Gasteiger partial charge in [-0.15, -0.1) is 0 Å². The molecule has 6 rings (SSSR count). The summed E-state index contributed by atoms with van der Waals surface area (Å²) in [6.07, 6.45) is 3.78. The molecular formula is C30H23BrFNO6. The van der Waals surface area contributed by atoms with Crippen LogP contribution < -0.4 is 0 Å². The van der Waals surface area contributed by atoms with Gasteiger partial charge in [0, 0.05) is 35.2 Å². The molecule has 1 aliphatic heterocycles. The quantitative estimate of drug-likeness (QED) is 0.312. The van der Waals surface area contributed by atoms with Crippen molar-refractivity contribution in [2.75, 3.05) is 6.54 Å². The van der Waals surface area contributed by atoms with Crippen LogP contribution in [0.1, 0.15) is 29.9 Å². The second kappa shape index (κ2) is 9.41. The molecule has 1 saturated heterocycles. The fraction of sp³-hybridized carbons (Fsp3) is 0.267. The summed E-state index contributed by atoms with van der Waals surface area (Å²) in [6, 6.07) is 10.6. The second-order valence-electron chi connectivity index (χ2n) is 10.3. The number of carbonyl (C=O) groups excluding carboxylic acids is 4. The average molecular weight is 592 g/mol. The summed E-state index contributed by atoms with van der Waals surface area (Å²) in [7, 11) is 0.